The summed E-state index contributed by atoms with van der Waals surface area (Å²) in [7, 11) is 0. The Morgan fingerprint density at radius 1 is 1.42 bits per heavy atom. The number of rotatable bonds is 3. The lowest BCUT2D eigenvalue weighted by Gasteiger charge is -2.20. The van der Waals surface area contributed by atoms with E-state index in [0.29, 0.717) is 6.61 Å². The van der Waals surface area contributed by atoms with Gasteiger partial charge in [-0.25, -0.2) is 0 Å². The standard InChI is InChI=1S/C15H18BNO2/c1-12-4-6-13(7-5-12)8-9-14-10-18-15(2,3)16(14)19-11-17/h4-9,14H,10H2,1-3H3/b9-8+/t14-/m1/s1. The molecule has 0 radical (unpaired) electrons. The van der Waals surface area contributed by atoms with Crippen molar-refractivity contribution in [3.63, 3.8) is 0 Å². The first-order valence-electron chi connectivity index (χ1n) is 6.46. The van der Waals surface area contributed by atoms with E-state index in [0.717, 1.165) is 5.56 Å². The van der Waals surface area contributed by atoms with Gasteiger partial charge < -0.3 is 9.39 Å². The molecule has 1 heterocycles. The molecule has 1 aliphatic rings. The quantitative estimate of drug-likeness (QED) is 0.615. The van der Waals surface area contributed by atoms with Gasteiger partial charge in [-0.15, -0.1) is 0 Å². The van der Waals surface area contributed by atoms with Gasteiger partial charge in [0.05, 0.1) is 5.50 Å². The van der Waals surface area contributed by atoms with Gasteiger partial charge >= 0.3 is 6.92 Å². The third-order valence-corrected chi connectivity index (χ3v) is 3.51. The Morgan fingerprint density at radius 2 is 2.11 bits per heavy atom. The first-order valence-corrected chi connectivity index (χ1v) is 6.46. The van der Waals surface area contributed by atoms with Gasteiger partial charge in [0.15, 0.2) is 0 Å². The molecule has 0 aliphatic carbocycles. The molecule has 0 saturated carbocycles. The molecule has 4 heteroatoms. The molecule has 1 fully saturated rings. The second-order valence-electron chi connectivity index (χ2n) is 5.48. The molecule has 0 N–H and O–H groups in total. The molecule has 1 saturated heterocycles. The molecule has 1 aromatic carbocycles. The van der Waals surface area contributed by atoms with Crippen LogP contribution < -0.4 is 0 Å². The van der Waals surface area contributed by atoms with Gasteiger partial charge in [-0.05, 0) is 26.3 Å². The van der Waals surface area contributed by atoms with Crippen molar-refractivity contribution in [3.05, 3.63) is 41.5 Å². The van der Waals surface area contributed by atoms with Crippen LogP contribution in [0.15, 0.2) is 30.3 Å². The molecular weight excluding hydrogens is 237 g/mol. The van der Waals surface area contributed by atoms with Gasteiger partial charge in [0, 0.05) is 12.4 Å². The van der Waals surface area contributed by atoms with Crippen LogP contribution in [0, 0.1) is 18.4 Å². The topological polar surface area (TPSA) is 42.2 Å². The van der Waals surface area contributed by atoms with Gasteiger partial charge in [-0.3, -0.25) is 0 Å². The summed E-state index contributed by atoms with van der Waals surface area (Å²) < 4.78 is 10.9. The summed E-state index contributed by atoms with van der Waals surface area (Å²) in [6.07, 6.45) is 5.92. The van der Waals surface area contributed by atoms with Gasteiger partial charge in [-0.1, -0.05) is 42.0 Å². The predicted molar refractivity (Wildman–Crippen MR) is 76.4 cm³/mol. The molecular formula is C15H18BNO2. The summed E-state index contributed by atoms with van der Waals surface area (Å²) in [5, 5.41) is 8.74. The van der Waals surface area contributed by atoms with Crippen LogP contribution in [0.2, 0.25) is 5.82 Å². The number of benzene rings is 1. The highest BCUT2D eigenvalue weighted by Gasteiger charge is 2.49. The largest absolute Gasteiger partial charge is 0.494 e. The number of nitriles is 1. The minimum Gasteiger partial charge on any atom is -0.494 e. The van der Waals surface area contributed by atoms with E-state index < -0.39 is 5.50 Å². The summed E-state index contributed by atoms with van der Waals surface area (Å²) >= 11 is 0. The van der Waals surface area contributed by atoms with Crippen molar-refractivity contribution in [1.29, 1.82) is 5.26 Å². The Hall–Kier alpha value is -1.73. The van der Waals surface area contributed by atoms with E-state index in [-0.39, 0.29) is 12.7 Å². The van der Waals surface area contributed by atoms with E-state index in [1.54, 1.807) is 6.26 Å². The predicted octanol–water partition coefficient (Wildman–Crippen LogP) is 3.22. The summed E-state index contributed by atoms with van der Waals surface area (Å²) in [5.74, 6) is 0.107. The van der Waals surface area contributed by atoms with Crippen LogP contribution in [-0.4, -0.2) is 19.0 Å². The van der Waals surface area contributed by atoms with E-state index >= 15 is 0 Å². The Labute approximate surface area is 114 Å². The zero-order valence-corrected chi connectivity index (χ0v) is 11.6. The second kappa shape index (κ2) is 5.50. The van der Waals surface area contributed by atoms with Crippen molar-refractivity contribution in [3.8, 4) is 6.26 Å². The summed E-state index contributed by atoms with van der Waals surface area (Å²) in [6.45, 7) is 6.34. The molecule has 3 nitrogen and oxygen atoms in total. The number of ether oxygens (including phenoxy) is 1. The fourth-order valence-corrected chi connectivity index (χ4v) is 2.35. The van der Waals surface area contributed by atoms with Crippen LogP contribution in [0.4, 0.5) is 0 Å². The fourth-order valence-electron chi connectivity index (χ4n) is 2.35. The Morgan fingerprint density at radius 3 is 2.74 bits per heavy atom. The minimum absolute atomic E-state index is 0.107. The van der Waals surface area contributed by atoms with Crippen LogP contribution >= 0.6 is 0 Å². The highest BCUT2D eigenvalue weighted by Crippen LogP contribution is 2.34. The van der Waals surface area contributed by atoms with E-state index in [2.05, 4.69) is 43.3 Å². The average molecular weight is 255 g/mol. The van der Waals surface area contributed by atoms with Crippen LogP contribution in [0.1, 0.15) is 25.0 Å². The Bertz CT molecular complexity index is 502. The minimum atomic E-state index is -0.419. The fraction of sp³-hybridized carbons (Fsp3) is 0.400. The summed E-state index contributed by atoms with van der Waals surface area (Å²) in [4.78, 5) is 0. The van der Waals surface area contributed by atoms with Crippen molar-refractivity contribution in [2.45, 2.75) is 32.1 Å². The van der Waals surface area contributed by atoms with E-state index in [1.165, 1.54) is 5.56 Å². The molecule has 0 bridgehead atoms. The molecule has 1 aromatic rings. The normalized spacial score (nSPS) is 21.6. The highest BCUT2D eigenvalue weighted by atomic mass is 16.5. The molecule has 2 rings (SSSR count). The highest BCUT2D eigenvalue weighted by molar-refractivity contribution is 6.58. The van der Waals surface area contributed by atoms with Crippen molar-refractivity contribution in [1.82, 2.24) is 0 Å². The summed E-state index contributed by atoms with van der Waals surface area (Å²) in [5.41, 5.74) is 1.97. The van der Waals surface area contributed by atoms with E-state index in [4.69, 9.17) is 14.7 Å². The Balaban J connectivity index is 2.10. The maximum atomic E-state index is 8.74. The molecule has 1 aliphatic heterocycles. The van der Waals surface area contributed by atoms with Crippen molar-refractivity contribution < 1.29 is 9.39 Å². The van der Waals surface area contributed by atoms with Gasteiger partial charge in [0.25, 0.3) is 6.26 Å². The lowest BCUT2D eigenvalue weighted by Crippen LogP contribution is -2.40. The van der Waals surface area contributed by atoms with E-state index in [1.807, 2.05) is 13.8 Å². The third kappa shape index (κ3) is 3.18. The lowest BCUT2D eigenvalue weighted by atomic mass is 9.47. The van der Waals surface area contributed by atoms with Crippen molar-refractivity contribution in [2.75, 3.05) is 6.61 Å². The molecule has 0 aromatic heterocycles. The lowest BCUT2D eigenvalue weighted by molar-refractivity contribution is 0.0646. The van der Waals surface area contributed by atoms with Crippen LogP contribution in [0.3, 0.4) is 0 Å². The monoisotopic (exact) mass is 255 g/mol. The number of nitrogens with zero attached hydrogens (tertiary/aromatic N) is 1. The summed E-state index contributed by atoms with van der Waals surface area (Å²) in [6, 6.07) is 8.32. The number of hydrogen-bond acceptors (Lipinski definition) is 3. The first-order chi connectivity index (χ1) is 9.03. The first kappa shape index (κ1) is 13.7. The molecule has 0 spiro atoms. The van der Waals surface area contributed by atoms with Crippen molar-refractivity contribution in [2.24, 2.45) is 0 Å². The van der Waals surface area contributed by atoms with Crippen LogP contribution in [0.25, 0.3) is 6.08 Å². The molecule has 19 heavy (non-hydrogen) atoms. The maximum absolute atomic E-state index is 8.74. The van der Waals surface area contributed by atoms with Gasteiger partial charge in [0.1, 0.15) is 0 Å². The van der Waals surface area contributed by atoms with Gasteiger partial charge in [-0.2, -0.15) is 5.26 Å². The number of aryl methyl sites for hydroxylation is 1. The van der Waals surface area contributed by atoms with Crippen LogP contribution in [-0.2, 0) is 9.39 Å². The second-order valence-corrected chi connectivity index (χ2v) is 5.48. The molecule has 1 atom stereocenters. The Kier molecular flexibility index (Phi) is 3.97. The van der Waals surface area contributed by atoms with E-state index in [9.17, 15) is 0 Å². The SMILES string of the molecule is Cc1ccc(/C=C/[C@@H]2COC(C)(C)B2OC#N)cc1. The van der Waals surface area contributed by atoms with Crippen LogP contribution in [0.5, 0.6) is 0 Å². The average Bonchev–Trinajstić information content (AvgIpc) is 2.66. The third-order valence-electron chi connectivity index (χ3n) is 3.51. The smallest absolute Gasteiger partial charge is 0.414 e. The number of hydrogen-bond donors (Lipinski definition) is 0. The van der Waals surface area contributed by atoms with Crippen molar-refractivity contribution >= 4 is 13.0 Å². The van der Waals surface area contributed by atoms with Gasteiger partial charge in [0.2, 0.25) is 0 Å². The maximum Gasteiger partial charge on any atom is 0.414 e. The molecule has 98 valence electrons. The molecule has 0 unspecified atom stereocenters. The zero-order valence-electron chi connectivity index (χ0n) is 11.6. The molecule has 0 amide bonds. The zero-order chi connectivity index (χ0) is 13.9.